The molecule has 1 aliphatic heterocycles. The van der Waals surface area contributed by atoms with E-state index in [0.717, 1.165) is 18.7 Å². The van der Waals surface area contributed by atoms with Crippen molar-refractivity contribution in [3.63, 3.8) is 0 Å². The lowest BCUT2D eigenvalue weighted by molar-refractivity contribution is -0.149. The zero-order chi connectivity index (χ0) is 13.0. The summed E-state index contributed by atoms with van der Waals surface area (Å²) in [6, 6.07) is 7.75. The van der Waals surface area contributed by atoms with Crippen LogP contribution in [0.25, 0.3) is 0 Å². The summed E-state index contributed by atoms with van der Waals surface area (Å²) >= 11 is 0. The second-order valence-electron chi connectivity index (χ2n) is 4.32. The SMILES string of the molecule is CCOC(=O)C1c2ccccc2CN1CCOC. The van der Waals surface area contributed by atoms with Crippen LogP contribution in [0.5, 0.6) is 0 Å². The predicted molar refractivity (Wildman–Crippen MR) is 68.1 cm³/mol. The number of esters is 1. The maximum atomic E-state index is 12.1. The van der Waals surface area contributed by atoms with Crippen molar-refractivity contribution in [1.29, 1.82) is 0 Å². The van der Waals surface area contributed by atoms with Gasteiger partial charge >= 0.3 is 5.97 Å². The van der Waals surface area contributed by atoms with Gasteiger partial charge < -0.3 is 9.47 Å². The van der Waals surface area contributed by atoms with Gasteiger partial charge in [0.15, 0.2) is 0 Å². The van der Waals surface area contributed by atoms with E-state index in [1.54, 1.807) is 7.11 Å². The maximum absolute atomic E-state index is 12.1. The molecule has 0 saturated carbocycles. The van der Waals surface area contributed by atoms with E-state index in [1.807, 2.05) is 25.1 Å². The molecule has 0 aliphatic carbocycles. The second-order valence-corrected chi connectivity index (χ2v) is 4.32. The van der Waals surface area contributed by atoms with Gasteiger partial charge in [-0.2, -0.15) is 0 Å². The largest absolute Gasteiger partial charge is 0.465 e. The first-order chi connectivity index (χ1) is 8.77. The van der Waals surface area contributed by atoms with E-state index in [1.165, 1.54) is 5.56 Å². The van der Waals surface area contributed by atoms with Crippen molar-refractivity contribution in [3.8, 4) is 0 Å². The first-order valence-electron chi connectivity index (χ1n) is 6.25. The first-order valence-corrected chi connectivity index (χ1v) is 6.25. The minimum Gasteiger partial charge on any atom is -0.465 e. The third-order valence-corrected chi connectivity index (χ3v) is 3.18. The highest BCUT2D eigenvalue weighted by molar-refractivity contribution is 5.79. The molecule has 4 nitrogen and oxygen atoms in total. The van der Waals surface area contributed by atoms with Crippen LogP contribution < -0.4 is 0 Å². The predicted octanol–water partition coefficient (Wildman–Crippen LogP) is 1.75. The molecule has 0 spiro atoms. The maximum Gasteiger partial charge on any atom is 0.328 e. The van der Waals surface area contributed by atoms with Crippen LogP contribution in [-0.2, 0) is 20.8 Å². The van der Waals surface area contributed by atoms with Gasteiger partial charge in [-0.15, -0.1) is 0 Å². The summed E-state index contributed by atoms with van der Waals surface area (Å²) < 4.78 is 10.3. The Bertz CT molecular complexity index is 419. The Morgan fingerprint density at radius 2 is 2.22 bits per heavy atom. The number of carbonyl (C=O) groups is 1. The fourth-order valence-corrected chi connectivity index (χ4v) is 2.37. The van der Waals surface area contributed by atoms with Crippen molar-refractivity contribution in [3.05, 3.63) is 35.4 Å². The van der Waals surface area contributed by atoms with Gasteiger partial charge in [0.1, 0.15) is 6.04 Å². The molecular formula is C14H19NO3. The Balaban J connectivity index is 2.21. The van der Waals surface area contributed by atoms with Gasteiger partial charge in [0, 0.05) is 20.2 Å². The minimum atomic E-state index is -0.281. The third kappa shape index (κ3) is 2.54. The average molecular weight is 249 g/mol. The summed E-state index contributed by atoms with van der Waals surface area (Å²) in [4.78, 5) is 14.2. The van der Waals surface area contributed by atoms with Gasteiger partial charge in [0.25, 0.3) is 0 Å². The zero-order valence-corrected chi connectivity index (χ0v) is 10.9. The fourth-order valence-electron chi connectivity index (χ4n) is 2.37. The van der Waals surface area contributed by atoms with Crippen LogP contribution in [-0.4, -0.2) is 37.7 Å². The first kappa shape index (κ1) is 13.1. The van der Waals surface area contributed by atoms with E-state index in [-0.39, 0.29) is 12.0 Å². The molecule has 0 fully saturated rings. The number of rotatable bonds is 5. The van der Waals surface area contributed by atoms with E-state index in [4.69, 9.17) is 9.47 Å². The Morgan fingerprint density at radius 1 is 1.44 bits per heavy atom. The van der Waals surface area contributed by atoms with Crippen LogP contribution in [0.1, 0.15) is 24.1 Å². The average Bonchev–Trinajstić information content (AvgIpc) is 2.74. The highest BCUT2D eigenvalue weighted by atomic mass is 16.5. The minimum absolute atomic E-state index is 0.168. The molecule has 0 radical (unpaired) electrons. The highest BCUT2D eigenvalue weighted by Crippen LogP contribution is 2.34. The van der Waals surface area contributed by atoms with Crippen LogP contribution in [0.2, 0.25) is 0 Å². The van der Waals surface area contributed by atoms with Crippen LogP contribution in [0.3, 0.4) is 0 Å². The molecule has 0 aromatic heterocycles. The number of hydrogen-bond acceptors (Lipinski definition) is 4. The van der Waals surface area contributed by atoms with E-state index < -0.39 is 0 Å². The van der Waals surface area contributed by atoms with Crippen molar-refractivity contribution in [2.24, 2.45) is 0 Å². The fraction of sp³-hybridized carbons (Fsp3) is 0.500. The molecule has 0 bridgehead atoms. The number of fused-ring (bicyclic) bond motifs is 1. The van der Waals surface area contributed by atoms with Crippen molar-refractivity contribution in [2.45, 2.75) is 19.5 Å². The van der Waals surface area contributed by atoms with E-state index in [2.05, 4.69) is 11.0 Å². The third-order valence-electron chi connectivity index (χ3n) is 3.18. The molecule has 1 aromatic rings. The zero-order valence-electron chi connectivity index (χ0n) is 10.9. The summed E-state index contributed by atoms with van der Waals surface area (Å²) in [5, 5.41) is 0. The molecule has 4 heteroatoms. The molecule has 1 heterocycles. The van der Waals surface area contributed by atoms with Crippen LogP contribution in [0.4, 0.5) is 0 Å². The van der Waals surface area contributed by atoms with Gasteiger partial charge in [-0.1, -0.05) is 24.3 Å². The number of methoxy groups -OCH3 is 1. The van der Waals surface area contributed by atoms with Crippen LogP contribution in [0.15, 0.2) is 24.3 Å². The molecule has 18 heavy (non-hydrogen) atoms. The molecule has 1 atom stereocenters. The highest BCUT2D eigenvalue weighted by Gasteiger charge is 2.35. The lowest BCUT2D eigenvalue weighted by atomic mass is 10.1. The quantitative estimate of drug-likeness (QED) is 0.745. The van der Waals surface area contributed by atoms with Crippen molar-refractivity contribution >= 4 is 5.97 Å². The number of carbonyl (C=O) groups excluding carboxylic acids is 1. The number of ether oxygens (including phenoxy) is 2. The van der Waals surface area contributed by atoms with E-state index in [0.29, 0.717) is 13.2 Å². The van der Waals surface area contributed by atoms with Crippen molar-refractivity contribution in [1.82, 2.24) is 4.90 Å². The van der Waals surface area contributed by atoms with Gasteiger partial charge in [-0.3, -0.25) is 4.90 Å². The summed E-state index contributed by atoms with van der Waals surface area (Å²) in [6.45, 7) is 4.37. The Morgan fingerprint density at radius 3 is 2.94 bits per heavy atom. The lowest BCUT2D eigenvalue weighted by Gasteiger charge is -2.22. The summed E-state index contributed by atoms with van der Waals surface area (Å²) in [6.07, 6.45) is 0. The van der Waals surface area contributed by atoms with E-state index >= 15 is 0 Å². The van der Waals surface area contributed by atoms with E-state index in [9.17, 15) is 4.79 Å². The van der Waals surface area contributed by atoms with Crippen molar-refractivity contribution in [2.75, 3.05) is 26.9 Å². The molecular weight excluding hydrogens is 230 g/mol. The Kier molecular flexibility index (Phi) is 4.33. The van der Waals surface area contributed by atoms with Crippen LogP contribution in [0, 0.1) is 0 Å². The molecule has 2 rings (SSSR count). The smallest absolute Gasteiger partial charge is 0.328 e. The topological polar surface area (TPSA) is 38.8 Å². The molecule has 1 aliphatic rings. The van der Waals surface area contributed by atoms with Crippen LogP contribution >= 0.6 is 0 Å². The lowest BCUT2D eigenvalue weighted by Crippen LogP contribution is -2.32. The van der Waals surface area contributed by atoms with Gasteiger partial charge in [-0.05, 0) is 18.1 Å². The molecule has 1 unspecified atom stereocenters. The number of hydrogen-bond donors (Lipinski definition) is 0. The normalized spacial score (nSPS) is 18.7. The van der Waals surface area contributed by atoms with Gasteiger partial charge in [0.05, 0.1) is 13.2 Å². The standard InChI is InChI=1S/C14H19NO3/c1-3-18-14(16)13-12-7-5-4-6-11(12)10-15(13)8-9-17-2/h4-7,13H,3,8-10H2,1-2H3. The summed E-state index contributed by atoms with van der Waals surface area (Å²) in [7, 11) is 1.67. The van der Waals surface area contributed by atoms with Gasteiger partial charge in [0.2, 0.25) is 0 Å². The molecule has 0 saturated heterocycles. The summed E-state index contributed by atoms with van der Waals surface area (Å²) in [5.74, 6) is -0.168. The Labute approximate surface area is 107 Å². The number of nitrogens with zero attached hydrogens (tertiary/aromatic N) is 1. The van der Waals surface area contributed by atoms with Gasteiger partial charge in [-0.25, -0.2) is 4.79 Å². The molecule has 0 N–H and O–H groups in total. The number of benzene rings is 1. The Hall–Kier alpha value is -1.39. The van der Waals surface area contributed by atoms with Crippen molar-refractivity contribution < 1.29 is 14.3 Å². The summed E-state index contributed by atoms with van der Waals surface area (Å²) in [5.41, 5.74) is 2.26. The second kappa shape index (κ2) is 5.98. The molecule has 1 aromatic carbocycles. The monoisotopic (exact) mass is 249 g/mol. The molecule has 0 amide bonds. The molecule has 98 valence electrons.